The number of fused-ring (bicyclic) bond motifs is 2. The maximum absolute atomic E-state index is 12.3. The van der Waals surface area contributed by atoms with Crippen LogP contribution in [0.2, 0.25) is 0 Å². The van der Waals surface area contributed by atoms with Gasteiger partial charge in [-0.3, -0.25) is 0 Å². The molecule has 2 aliphatic carbocycles. The average Bonchev–Trinajstić information content (AvgIpc) is 3.19. The van der Waals surface area contributed by atoms with Gasteiger partial charge in [0.15, 0.2) is 0 Å². The van der Waals surface area contributed by atoms with Crippen LogP contribution in [-0.2, 0) is 11.8 Å². The Bertz CT molecular complexity index is 595. The molecule has 4 rings (SSSR count). The largest absolute Gasteiger partial charge is 0.396 e. The van der Waals surface area contributed by atoms with Gasteiger partial charge in [0.25, 0.3) is 0 Å². The minimum absolute atomic E-state index is 0.0784. The van der Waals surface area contributed by atoms with Crippen LogP contribution in [0.4, 0.5) is 4.79 Å². The van der Waals surface area contributed by atoms with Crippen LogP contribution in [0.5, 0.6) is 0 Å². The molecule has 1 aromatic carbocycles. The first-order valence-electron chi connectivity index (χ1n) is 8.95. The van der Waals surface area contributed by atoms with Crippen molar-refractivity contribution in [3.05, 3.63) is 35.4 Å². The number of urea groups is 1. The molecule has 2 amide bonds. The van der Waals surface area contributed by atoms with Gasteiger partial charge in [0.2, 0.25) is 0 Å². The van der Waals surface area contributed by atoms with Crippen molar-refractivity contribution in [2.24, 2.45) is 11.8 Å². The third kappa shape index (κ3) is 2.63. The molecular weight excluding hydrogens is 288 g/mol. The number of likely N-dealkylation sites (tertiary alicyclic amines) is 1. The van der Waals surface area contributed by atoms with Crippen molar-refractivity contribution in [3.8, 4) is 0 Å². The molecule has 3 aliphatic rings. The first-order valence-corrected chi connectivity index (χ1v) is 8.95. The predicted molar refractivity (Wildman–Crippen MR) is 89.3 cm³/mol. The number of aliphatic hydroxyl groups is 1. The Balaban J connectivity index is 1.29. The number of amides is 2. The Labute approximate surface area is 137 Å². The topological polar surface area (TPSA) is 52.6 Å². The third-order valence-electron chi connectivity index (χ3n) is 6.29. The van der Waals surface area contributed by atoms with E-state index in [1.165, 1.54) is 30.4 Å². The van der Waals surface area contributed by atoms with Gasteiger partial charge in [0.05, 0.1) is 0 Å². The van der Waals surface area contributed by atoms with E-state index < -0.39 is 0 Å². The van der Waals surface area contributed by atoms with Crippen LogP contribution in [0, 0.1) is 11.8 Å². The van der Waals surface area contributed by atoms with Crippen LogP contribution >= 0.6 is 0 Å². The van der Waals surface area contributed by atoms with Crippen molar-refractivity contribution in [2.75, 3.05) is 26.2 Å². The fourth-order valence-corrected chi connectivity index (χ4v) is 4.64. The molecule has 0 radical (unpaired) electrons. The molecule has 1 spiro atoms. The highest BCUT2D eigenvalue weighted by atomic mass is 16.3. The molecule has 2 fully saturated rings. The van der Waals surface area contributed by atoms with Crippen LogP contribution in [0.1, 0.15) is 36.8 Å². The summed E-state index contributed by atoms with van der Waals surface area (Å²) >= 11 is 0. The first-order chi connectivity index (χ1) is 11.2. The van der Waals surface area contributed by atoms with Crippen LogP contribution in [-0.4, -0.2) is 42.3 Å². The number of piperidine rings is 1. The molecule has 2 unspecified atom stereocenters. The number of carbonyl (C=O) groups is 1. The van der Waals surface area contributed by atoms with Gasteiger partial charge in [0.1, 0.15) is 0 Å². The zero-order valence-corrected chi connectivity index (χ0v) is 13.6. The molecule has 0 bridgehead atoms. The van der Waals surface area contributed by atoms with Crippen molar-refractivity contribution in [1.29, 1.82) is 0 Å². The third-order valence-corrected chi connectivity index (χ3v) is 6.29. The second-order valence-electron chi connectivity index (χ2n) is 7.51. The van der Waals surface area contributed by atoms with E-state index in [9.17, 15) is 9.90 Å². The molecule has 2 atom stereocenters. The smallest absolute Gasteiger partial charge is 0.317 e. The second kappa shape index (κ2) is 5.82. The van der Waals surface area contributed by atoms with E-state index in [-0.39, 0.29) is 12.6 Å². The highest BCUT2D eigenvalue weighted by Crippen LogP contribution is 2.61. The number of nitrogens with one attached hydrogen (secondary N) is 1. The predicted octanol–water partition coefficient (Wildman–Crippen LogP) is 2.30. The maximum atomic E-state index is 12.3. The fourth-order valence-electron chi connectivity index (χ4n) is 4.64. The van der Waals surface area contributed by atoms with E-state index >= 15 is 0 Å². The fraction of sp³-hybridized carbons (Fsp3) is 0.632. The molecule has 4 heteroatoms. The number of carbonyl (C=O) groups excluding carboxylic acids is 1. The van der Waals surface area contributed by atoms with Gasteiger partial charge in [-0.15, -0.1) is 0 Å². The lowest BCUT2D eigenvalue weighted by Gasteiger charge is -2.31. The molecule has 0 aromatic heterocycles. The Morgan fingerprint density at radius 2 is 2.09 bits per heavy atom. The van der Waals surface area contributed by atoms with Crippen LogP contribution < -0.4 is 5.32 Å². The monoisotopic (exact) mass is 314 g/mol. The standard InChI is InChI=1S/C19H26N2O2/c22-13-14-6-9-21(10-7-14)18(23)20-12-16-11-19(16)8-5-15-3-1-2-4-17(15)19/h1-4,14,16,22H,5-13H2,(H,20,23). The minimum Gasteiger partial charge on any atom is -0.396 e. The molecular formula is C19H26N2O2. The highest BCUT2D eigenvalue weighted by Gasteiger charge is 2.57. The molecule has 23 heavy (non-hydrogen) atoms. The molecule has 1 saturated carbocycles. The summed E-state index contributed by atoms with van der Waals surface area (Å²) in [4.78, 5) is 14.2. The van der Waals surface area contributed by atoms with E-state index in [0.29, 0.717) is 17.3 Å². The van der Waals surface area contributed by atoms with Crippen molar-refractivity contribution in [3.63, 3.8) is 0 Å². The lowest BCUT2D eigenvalue weighted by Crippen LogP contribution is -2.45. The first kappa shape index (κ1) is 15.0. The Hall–Kier alpha value is -1.55. The van der Waals surface area contributed by atoms with Gasteiger partial charge in [-0.2, -0.15) is 0 Å². The maximum Gasteiger partial charge on any atom is 0.317 e. The van der Waals surface area contributed by atoms with Crippen molar-refractivity contribution >= 4 is 6.03 Å². The van der Waals surface area contributed by atoms with Crippen molar-refractivity contribution in [2.45, 2.75) is 37.5 Å². The highest BCUT2D eigenvalue weighted by molar-refractivity contribution is 5.74. The zero-order chi connectivity index (χ0) is 15.9. The van der Waals surface area contributed by atoms with Gasteiger partial charge < -0.3 is 15.3 Å². The lowest BCUT2D eigenvalue weighted by molar-refractivity contribution is 0.137. The molecule has 2 N–H and O–H groups in total. The van der Waals surface area contributed by atoms with Gasteiger partial charge in [0, 0.05) is 31.7 Å². The molecule has 1 aromatic rings. The Morgan fingerprint density at radius 1 is 1.30 bits per heavy atom. The Morgan fingerprint density at radius 3 is 2.87 bits per heavy atom. The van der Waals surface area contributed by atoms with Gasteiger partial charge in [-0.25, -0.2) is 4.79 Å². The number of aryl methyl sites for hydroxylation is 1. The zero-order valence-electron chi connectivity index (χ0n) is 13.6. The van der Waals surface area contributed by atoms with Crippen LogP contribution in [0.15, 0.2) is 24.3 Å². The summed E-state index contributed by atoms with van der Waals surface area (Å²) in [6.45, 7) is 2.60. The number of hydrogen-bond donors (Lipinski definition) is 2. The summed E-state index contributed by atoms with van der Waals surface area (Å²) in [5, 5.41) is 12.3. The van der Waals surface area contributed by atoms with E-state index in [1.54, 1.807) is 0 Å². The van der Waals surface area contributed by atoms with Gasteiger partial charge >= 0.3 is 6.03 Å². The van der Waals surface area contributed by atoms with Gasteiger partial charge in [-0.05, 0) is 55.1 Å². The molecule has 4 nitrogen and oxygen atoms in total. The SMILES string of the molecule is O=C(NCC1CC12CCc1ccccc12)N1CCC(CO)CC1. The van der Waals surface area contributed by atoms with Crippen molar-refractivity contribution in [1.82, 2.24) is 10.2 Å². The average molecular weight is 314 g/mol. The summed E-state index contributed by atoms with van der Waals surface area (Å²) in [7, 11) is 0. The molecule has 1 aliphatic heterocycles. The summed E-state index contributed by atoms with van der Waals surface area (Å²) in [6, 6.07) is 8.89. The summed E-state index contributed by atoms with van der Waals surface area (Å²) in [6.07, 6.45) is 5.50. The quantitative estimate of drug-likeness (QED) is 0.899. The number of hydrogen-bond acceptors (Lipinski definition) is 2. The number of aliphatic hydroxyl groups excluding tert-OH is 1. The molecule has 1 heterocycles. The lowest BCUT2D eigenvalue weighted by atomic mass is 9.95. The van der Waals surface area contributed by atoms with E-state index in [0.717, 1.165) is 32.5 Å². The van der Waals surface area contributed by atoms with E-state index in [1.807, 2.05) is 4.90 Å². The number of benzene rings is 1. The van der Waals surface area contributed by atoms with Crippen LogP contribution in [0.25, 0.3) is 0 Å². The van der Waals surface area contributed by atoms with Gasteiger partial charge in [-0.1, -0.05) is 24.3 Å². The second-order valence-corrected chi connectivity index (χ2v) is 7.51. The Kier molecular flexibility index (Phi) is 3.80. The molecule has 1 saturated heterocycles. The normalized spacial score (nSPS) is 29.6. The summed E-state index contributed by atoms with van der Waals surface area (Å²) in [5.74, 6) is 0.978. The van der Waals surface area contributed by atoms with Crippen LogP contribution in [0.3, 0.4) is 0 Å². The van der Waals surface area contributed by atoms with Crippen molar-refractivity contribution < 1.29 is 9.90 Å². The number of nitrogens with zero attached hydrogens (tertiary/aromatic N) is 1. The minimum atomic E-state index is 0.0784. The summed E-state index contributed by atoms with van der Waals surface area (Å²) < 4.78 is 0. The molecule has 124 valence electrons. The van der Waals surface area contributed by atoms with E-state index in [4.69, 9.17) is 0 Å². The number of rotatable bonds is 3. The summed E-state index contributed by atoms with van der Waals surface area (Å²) in [5.41, 5.74) is 3.39. The van der Waals surface area contributed by atoms with E-state index in [2.05, 4.69) is 29.6 Å².